The monoisotopic (exact) mass is 372 g/mol. The van der Waals surface area contributed by atoms with Crippen molar-refractivity contribution in [3.05, 3.63) is 78.0 Å². The van der Waals surface area contributed by atoms with Crippen molar-refractivity contribution in [2.45, 2.75) is 25.4 Å². The van der Waals surface area contributed by atoms with E-state index in [0.717, 1.165) is 35.8 Å². The molecule has 3 heterocycles. The predicted octanol–water partition coefficient (Wildman–Crippen LogP) is 4.86. The molecule has 0 N–H and O–H groups in total. The largest absolute Gasteiger partial charge is 0.486 e. The molecule has 2 aromatic carbocycles. The third-order valence-corrected chi connectivity index (χ3v) is 5.61. The van der Waals surface area contributed by atoms with Crippen LogP contribution < -0.4 is 9.47 Å². The molecule has 2 aliphatic heterocycles. The van der Waals surface area contributed by atoms with E-state index in [2.05, 4.69) is 52.3 Å². The number of pyridine rings is 1. The fraction of sp³-hybridized carbons (Fsp3) is 0.292. The summed E-state index contributed by atoms with van der Waals surface area (Å²) in [5.41, 5.74) is 4.84. The first kappa shape index (κ1) is 17.3. The summed E-state index contributed by atoms with van der Waals surface area (Å²) in [5, 5.41) is 0. The van der Waals surface area contributed by atoms with Gasteiger partial charge in [-0.1, -0.05) is 36.4 Å². The molecule has 1 aromatic heterocycles. The van der Waals surface area contributed by atoms with Gasteiger partial charge in [-0.15, -0.1) is 0 Å². The Hall–Kier alpha value is -2.85. The molecule has 2 aliphatic rings. The van der Waals surface area contributed by atoms with Crippen molar-refractivity contribution in [2.75, 3.05) is 19.8 Å². The minimum Gasteiger partial charge on any atom is -0.486 e. The number of ether oxygens (including phenoxy) is 2. The lowest BCUT2D eigenvalue weighted by Gasteiger charge is -2.26. The zero-order valence-electron chi connectivity index (χ0n) is 15.9. The number of nitrogens with zero attached hydrogens (tertiary/aromatic N) is 2. The Labute approximate surface area is 165 Å². The van der Waals surface area contributed by atoms with E-state index in [1.54, 1.807) is 0 Å². The highest BCUT2D eigenvalue weighted by atomic mass is 16.6. The molecule has 1 fully saturated rings. The van der Waals surface area contributed by atoms with Crippen LogP contribution in [0.1, 0.15) is 30.0 Å². The van der Waals surface area contributed by atoms with Crippen molar-refractivity contribution in [2.24, 2.45) is 0 Å². The summed E-state index contributed by atoms with van der Waals surface area (Å²) in [7, 11) is 0. The van der Waals surface area contributed by atoms with Gasteiger partial charge >= 0.3 is 0 Å². The van der Waals surface area contributed by atoms with Crippen LogP contribution in [0.4, 0.5) is 0 Å². The van der Waals surface area contributed by atoms with Crippen LogP contribution in [-0.2, 0) is 6.54 Å². The predicted molar refractivity (Wildman–Crippen MR) is 109 cm³/mol. The van der Waals surface area contributed by atoms with E-state index in [-0.39, 0.29) is 0 Å². The summed E-state index contributed by atoms with van der Waals surface area (Å²) >= 11 is 0. The molecule has 1 saturated heterocycles. The maximum absolute atomic E-state index is 5.78. The molecule has 0 unspecified atom stereocenters. The van der Waals surface area contributed by atoms with Gasteiger partial charge in [0.25, 0.3) is 0 Å². The van der Waals surface area contributed by atoms with Crippen LogP contribution >= 0.6 is 0 Å². The van der Waals surface area contributed by atoms with E-state index in [0.29, 0.717) is 19.3 Å². The van der Waals surface area contributed by atoms with Crippen LogP contribution in [0.2, 0.25) is 0 Å². The normalized spacial score (nSPS) is 18.9. The minimum atomic E-state index is 0.436. The maximum atomic E-state index is 5.78. The molecule has 3 aromatic rings. The third kappa shape index (κ3) is 3.48. The number of likely N-dealkylation sites (tertiary alicyclic amines) is 1. The highest BCUT2D eigenvalue weighted by Crippen LogP contribution is 2.38. The smallest absolute Gasteiger partial charge is 0.161 e. The molecule has 1 atom stereocenters. The van der Waals surface area contributed by atoms with Crippen LogP contribution in [0.15, 0.2) is 66.9 Å². The topological polar surface area (TPSA) is 34.6 Å². The second-order valence-electron chi connectivity index (χ2n) is 7.44. The lowest BCUT2D eigenvalue weighted by atomic mass is 10.0. The number of benzene rings is 2. The molecular formula is C24H24N2O2. The molecular weight excluding hydrogens is 348 g/mol. The Morgan fingerprint density at radius 2 is 1.79 bits per heavy atom. The Balaban J connectivity index is 1.32. The second kappa shape index (κ2) is 7.64. The van der Waals surface area contributed by atoms with Gasteiger partial charge in [-0.25, -0.2) is 0 Å². The van der Waals surface area contributed by atoms with Gasteiger partial charge in [-0.2, -0.15) is 0 Å². The molecule has 0 saturated carbocycles. The summed E-state index contributed by atoms with van der Waals surface area (Å²) < 4.78 is 11.5. The van der Waals surface area contributed by atoms with E-state index in [1.165, 1.54) is 24.0 Å². The number of fused-ring (bicyclic) bond motifs is 1. The zero-order chi connectivity index (χ0) is 18.8. The number of rotatable bonds is 4. The zero-order valence-corrected chi connectivity index (χ0v) is 15.9. The molecule has 0 aliphatic carbocycles. The van der Waals surface area contributed by atoms with Crippen LogP contribution in [0.5, 0.6) is 11.5 Å². The van der Waals surface area contributed by atoms with E-state index < -0.39 is 0 Å². The van der Waals surface area contributed by atoms with Crippen LogP contribution in [0, 0.1) is 0 Å². The van der Waals surface area contributed by atoms with E-state index >= 15 is 0 Å². The molecule has 4 nitrogen and oxygen atoms in total. The highest BCUT2D eigenvalue weighted by molar-refractivity contribution is 5.59. The number of hydrogen-bond donors (Lipinski definition) is 0. The van der Waals surface area contributed by atoms with Gasteiger partial charge in [0.1, 0.15) is 13.2 Å². The van der Waals surface area contributed by atoms with Gasteiger partial charge in [0.15, 0.2) is 11.5 Å². The quantitative estimate of drug-likeness (QED) is 0.655. The van der Waals surface area contributed by atoms with Crippen LogP contribution in [0.25, 0.3) is 11.3 Å². The maximum Gasteiger partial charge on any atom is 0.161 e. The van der Waals surface area contributed by atoms with Gasteiger partial charge in [-0.05, 0) is 54.8 Å². The molecule has 0 bridgehead atoms. The van der Waals surface area contributed by atoms with E-state index in [4.69, 9.17) is 9.47 Å². The molecule has 0 amide bonds. The molecule has 0 radical (unpaired) electrons. The van der Waals surface area contributed by atoms with Crippen molar-refractivity contribution >= 4 is 0 Å². The fourth-order valence-corrected chi connectivity index (χ4v) is 4.21. The van der Waals surface area contributed by atoms with Crippen molar-refractivity contribution in [1.29, 1.82) is 0 Å². The third-order valence-electron chi connectivity index (χ3n) is 5.61. The summed E-state index contributed by atoms with van der Waals surface area (Å²) in [6.07, 6.45) is 4.25. The lowest BCUT2D eigenvalue weighted by molar-refractivity contribution is 0.170. The van der Waals surface area contributed by atoms with Gasteiger partial charge in [-0.3, -0.25) is 9.88 Å². The Morgan fingerprint density at radius 3 is 2.61 bits per heavy atom. The first-order chi connectivity index (χ1) is 13.9. The Kier molecular flexibility index (Phi) is 4.71. The van der Waals surface area contributed by atoms with Gasteiger partial charge in [0.05, 0.1) is 5.69 Å². The first-order valence-corrected chi connectivity index (χ1v) is 10.0. The van der Waals surface area contributed by atoms with Crippen molar-refractivity contribution in [1.82, 2.24) is 9.88 Å². The summed E-state index contributed by atoms with van der Waals surface area (Å²) in [6, 6.07) is 21.7. The van der Waals surface area contributed by atoms with Crippen LogP contribution in [-0.4, -0.2) is 29.6 Å². The lowest BCUT2D eigenvalue weighted by Crippen LogP contribution is -2.23. The Morgan fingerprint density at radius 1 is 0.929 bits per heavy atom. The second-order valence-corrected chi connectivity index (χ2v) is 7.44. The number of hydrogen-bond acceptors (Lipinski definition) is 4. The molecule has 5 rings (SSSR count). The van der Waals surface area contributed by atoms with Crippen LogP contribution in [0.3, 0.4) is 0 Å². The van der Waals surface area contributed by atoms with E-state index in [9.17, 15) is 0 Å². The van der Waals surface area contributed by atoms with Gasteiger partial charge in [0, 0.05) is 24.3 Å². The molecule has 4 heteroatoms. The summed E-state index contributed by atoms with van der Waals surface area (Å²) in [4.78, 5) is 7.01. The first-order valence-electron chi connectivity index (χ1n) is 10.0. The van der Waals surface area contributed by atoms with Crippen molar-refractivity contribution in [3.8, 4) is 22.8 Å². The van der Waals surface area contributed by atoms with Gasteiger partial charge in [0.2, 0.25) is 0 Å². The van der Waals surface area contributed by atoms with E-state index in [1.807, 2.05) is 24.4 Å². The fourth-order valence-electron chi connectivity index (χ4n) is 4.21. The Bertz CT molecular complexity index is 941. The average molecular weight is 372 g/mol. The minimum absolute atomic E-state index is 0.436. The average Bonchev–Trinajstić information content (AvgIpc) is 3.23. The highest BCUT2D eigenvalue weighted by Gasteiger charge is 2.27. The number of aromatic nitrogens is 1. The SMILES string of the molecule is c1ccc(-c2ccc(CN3CCC[C@@H]3c3ccc4c(c3)OCCO4)cc2)nc1. The molecule has 0 spiro atoms. The molecule has 142 valence electrons. The van der Waals surface area contributed by atoms with Crippen molar-refractivity contribution < 1.29 is 9.47 Å². The summed E-state index contributed by atoms with van der Waals surface area (Å²) in [5.74, 6) is 1.75. The molecule has 28 heavy (non-hydrogen) atoms. The van der Waals surface area contributed by atoms with Crippen molar-refractivity contribution in [3.63, 3.8) is 0 Å². The standard InChI is InChI=1S/C24H24N2O2/c1-2-12-25-21(4-1)19-8-6-18(7-9-19)17-26-13-3-5-22(26)20-10-11-23-24(16-20)28-15-14-27-23/h1-2,4,6-12,16,22H,3,5,13-15,17H2/t22-/m1/s1. The summed E-state index contributed by atoms with van der Waals surface area (Å²) in [6.45, 7) is 3.35. The van der Waals surface area contributed by atoms with Gasteiger partial charge < -0.3 is 9.47 Å².